The molecule has 0 saturated heterocycles. The highest BCUT2D eigenvalue weighted by Crippen LogP contribution is 2.35. The van der Waals surface area contributed by atoms with E-state index in [1.165, 1.54) is 25.7 Å². The summed E-state index contributed by atoms with van der Waals surface area (Å²) < 4.78 is 2.22. The van der Waals surface area contributed by atoms with Gasteiger partial charge < -0.3 is 9.88 Å². The molecule has 0 radical (unpaired) electrons. The lowest BCUT2D eigenvalue weighted by atomic mass is 10.4. The second-order valence-corrected chi connectivity index (χ2v) is 4.46. The Labute approximate surface area is 83.7 Å². The van der Waals surface area contributed by atoms with Crippen LogP contribution in [0.1, 0.15) is 37.5 Å². The standard InChI is InChI=1S/C10H16N4/c1-2-8(1)5-11-6-10-13-12-7-14(10)9-3-4-9/h7-9,11H,1-6H2. The third-order valence-electron chi connectivity index (χ3n) is 3.00. The van der Waals surface area contributed by atoms with E-state index in [2.05, 4.69) is 20.1 Å². The molecule has 0 spiro atoms. The average Bonchev–Trinajstić information content (AvgIpc) is 3.08. The van der Waals surface area contributed by atoms with E-state index in [4.69, 9.17) is 0 Å². The second-order valence-electron chi connectivity index (χ2n) is 4.46. The van der Waals surface area contributed by atoms with E-state index in [9.17, 15) is 0 Å². The predicted molar refractivity (Wildman–Crippen MR) is 52.7 cm³/mol. The van der Waals surface area contributed by atoms with Gasteiger partial charge in [-0.3, -0.25) is 0 Å². The van der Waals surface area contributed by atoms with Gasteiger partial charge in [-0.1, -0.05) is 0 Å². The van der Waals surface area contributed by atoms with Gasteiger partial charge in [0, 0.05) is 6.04 Å². The molecule has 1 aromatic rings. The van der Waals surface area contributed by atoms with Crippen LogP contribution in [0.3, 0.4) is 0 Å². The van der Waals surface area contributed by atoms with Crippen molar-refractivity contribution in [1.29, 1.82) is 0 Å². The molecular weight excluding hydrogens is 176 g/mol. The molecule has 0 aliphatic heterocycles. The van der Waals surface area contributed by atoms with Gasteiger partial charge in [0.05, 0.1) is 6.54 Å². The molecule has 1 N–H and O–H groups in total. The summed E-state index contributed by atoms with van der Waals surface area (Å²) in [6, 6.07) is 0.697. The molecule has 76 valence electrons. The number of nitrogens with one attached hydrogen (secondary N) is 1. The van der Waals surface area contributed by atoms with Crippen LogP contribution >= 0.6 is 0 Å². The van der Waals surface area contributed by atoms with Crippen molar-refractivity contribution in [3.63, 3.8) is 0 Å². The lowest BCUT2D eigenvalue weighted by molar-refractivity contribution is 0.583. The van der Waals surface area contributed by atoms with Crippen molar-refractivity contribution in [2.75, 3.05) is 6.54 Å². The molecule has 0 aromatic carbocycles. The fourth-order valence-electron chi connectivity index (χ4n) is 1.76. The summed E-state index contributed by atoms with van der Waals surface area (Å²) in [7, 11) is 0. The summed E-state index contributed by atoms with van der Waals surface area (Å²) in [4.78, 5) is 0. The molecule has 0 unspecified atom stereocenters. The van der Waals surface area contributed by atoms with Gasteiger partial charge in [0.1, 0.15) is 12.2 Å². The molecule has 4 heteroatoms. The molecule has 3 rings (SSSR count). The van der Waals surface area contributed by atoms with E-state index in [1.807, 2.05) is 6.33 Å². The average molecular weight is 192 g/mol. The predicted octanol–water partition coefficient (Wildman–Crippen LogP) is 1.11. The van der Waals surface area contributed by atoms with Gasteiger partial charge in [0.2, 0.25) is 0 Å². The van der Waals surface area contributed by atoms with Crippen molar-refractivity contribution in [3.8, 4) is 0 Å². The SMILES string of the molecule is c1nnc(CNCC2CC2)n1C1CC1. The Bertz CT molecular complexity index is 312. The first-order valence-electron chi connectivity index (χ1n) is 5.52. The third kappa shape index (κ3) is 1.80. The number of hydrogen-bond acceptors (Lipinski definition) is 3. The molecule has 4 nitrogen and oxygen atoms in total. The Hall–Kier alpha value is -0.900. The fraction of sp³-hybridized carbons (Fsp3) is 0.800. The molecule has 2 aliphatic rings. The van der Waals surface area contributed by atoms with Crippen molar-refractivity contribution in [3.05, 3.63) is 12.2 Å². The quantitative estimate of drug-likeness (QED) is 0.760. The molecule has 0 atom stereocenters. The van der Waals surface area contributed by atoms with Crippen LogP contribution < -0.4 is 5.32 Å². The molecule has 0 amide bonds. The topological polar surface area (TPSA) is 42.7 Å². The van der Waals surface area contributed by atoms with E-state index in [1.54, 1.807) is 0 Å². The summed E-state index contributed by atoms with van der Waals surface area (Å²) in [5.41, 5.74) is 0. The summed E-state index contributed by atoms with van der Waals surface area (Å²) in [6.07, 6.45) is 7.28. The van der Waals surface area contributed by atoms with Gasteiger partial charge in [-0.05, 0) is 38.1 Å². The van der Waals surface area contributed by atoms with Gasteiger partial charge in [-0.2, -0.15) is 0 Å². The molecule has 2 saturated carbocycles. The van der Waals surface area contributed by atoms with Gasteiger partial charge in [0.15, 0.2) is 0 Å². The highest BCUT2D eigenvalue weighted by atomic mass is 15.3. The van der Waals surface area contributed by atoms with Crippen LogP contribution in [-0.2, 0) is 6.54 Å². The molecule has 1 heterocycles. The second kappa shape index (κ2) is 3.35. The van der Waals surface area contributed by atoms with E-state index in [0.717, 1.165) is 24.8 Å². The van der Waals surface area contributed by atoms with E-state index >= 15 is 0 Å². The van der Waals surface area contributed by atoms with E-state index < -0.39 is 0 Å². The highest BCUT2D eigenvalue weighted by molar-refractivity contribution is 4.94. The van der Waals surface area contributed by atoms with Crippen LogP contribution in [0.4, 0.5) is 0 Å². The van der Waals surface area contributed by atoms with Crippen LogP contribution in [-0.4, -0.2) is 21.3 Å². The van der Waals surface area contributed by atoms with Crippen LogP contribution in [0.25, 0.3) is 0 Å². The summed E-state index contributed by atoms with van der Waals surface area (Å²) in [5, 5.41) is 11.6. The first-order chi connectivity index (χ1) is 6.93. The lowest BCUT2D eigenvalue weighted by Crippen LogP contribution is -2.19. The number of hydrogen-bond donors (Lipinski definition) is 1. The van der Waals surface area contributed by atoms with Gasteiger partial charge in [-0.15, -0.1) is 10.2 Å². The third-order valence-corrected chi connectivity index (χ3v) is 3.00. The molecule has 0 bridgehead atoms. The minimum atomic E-state index is 0.697. The number of nitrogens with zero attached hydrogens (tertiary/aromatic N) is 3. The van der Waals surface area contributed by atoms with Crippen LogP contribution in [0.5, 0.6) is 0 Å². The zero-order valence-electron chi connectivity index (χ0n) is 8.32. The highest BCUT2D eigenvalue weighted by Gasteiger charge is 2.26. The van der Waals surface area contributed by atoms with E-state index in [0.29, 0.717) is 6.04 Å². The Kier molecular flexibility index (Phi) is 2.01. The maximum absolute atomic E-state index is 4.15. The smallest absolute Gasteiger partial charge is 0.147 e. The van der Waals surface area contributed by atoms with Crippen LogP contribution in [0.2, 0.25) is 0 Å². The first-order valence-corrected chi connectivity index (χ1v) is 5.52. The van der Waals surface area contributed by atoms with Gasteiger partial charge in [-0.25, -0.2) is 0 Å². The van der Waals surface area contributed by atoms with Gasteiger partial charge >= 0.3 is 0 Å². The molecular formula is C10H16N4. The van der Waals surface area contributed by atoms with Crippen LogP contribution in [0, 0.1) is 5.92 Å². The largest absolute Gasteiger partial charge is 0.313 e. The normalized spacial score (nSPS) is 21.4. The summed E-state index contributed by atoms with van der Waals surface area (Å²) >= 11 is 0. The van der Waals surface area contributed by atoms with Crippen molar-refractivity contribution >= 4 is 0 Å². The Morgan fingerprint density at radius 3 is 2.93 bits per heavy atom. The number of rotatable bonds is 5. The monoisotopic (exact) mass is 192 g/mol. The summed E-state index contributed by atoms with van der Waals surface area (Å²) in [6.45, 7) is 2.03. The van der Waals surface area contributed by atoms with E-state index in [-0.39, 0.29) is 0 Å². The van der Waals surface area contributed by atoms with Crippen molar-refractivity contribution in [2.45, 2.75) is 38.3 Å². The lowest BCUT2D eigenvalue weighted by Gasteiger charge is -2.05. The van der Waals surface area contributed by atoms with Crippen molar-refractivity contribution in [2.24, 2.45) is 5.92 Å². The Morgan fingerprint density at radius 1 is 1.36 bits per heavy atom. The Morgan fingerprint density at radius 2 is 2.21 bits per heavy atom. The minimum Gasteiger partial charge on any atom is -0.313 e. The minimum absolute atomic E-state index is 0.697. The fourth-order valence-corrected chi connectivity index (χ4v) is 1.76. The number of aromatic nitrogens is 3. The van der Waals surface area contributed by atoms with Crippen molar-refractivity contribution in [1.82, 2.24) is 20.1 Å². The Balaban J connectivity index is 1.55. The molecule has 2 aliphatic carbocycles. The van der Waals surface area contributed by atoms with Crippen LogP contribution in [0.15, 0.2) is 6.33 Å². The molecule has 1 aromatic heterocycles. The first kappa shape index (κ1) is 8.41. The van der Waals surface area contributed by atoms with Crippen molar-refractivity contribution < 1.29 is 0 Å². The zero-order valence-corrected chi connectivity index (χ0v) is 8.32. The maximum atomic E-state index is 4.15. The zero-order chi connectivity index (χ0) is 9.38. The molecule has 2 fully saturated rings. The maximum Gasteiger partial charge on any atom is 0.147 e. The molecule has 14 heavy (non-hydrogen) atoms. The summed E-state index contributed by atoms with van der Waals surface area (Å²) in [5.74, 6) is 2.04. The van der Waals surface area contributed by atoms with Gasteiger partial charge in [0.25, 0.3) is 0 Å².